The molecule has 4 aliphatic heterocycles. The van der Waals surface area contributed by atoms with Crippen LogP contribution >= 0.6 is 15.9 Å². The molecule has 7 rings (SSSR count). The SMILES string of the molecule is CN1CCC[C@@H]1COc1nc2c(c(N3CC4CCC(C3)N4)n1)CCN(c1cc(O)cc3cccc(Br)c13)C2. The van der Waals surface area contributed by atoms with Crippen LogP contribution in [-0.4, -0.2) is 77.9 Å². The molecule has 3 saturated heterocycles. The fourth-order valence-corrected chi connectivity index (χ4v) is 7.43. The van der Waals surface area contributed by atoms with Crippen LogP contribution in [0.25, 0.3) is 10.8 Å². The highest BCUT2D eigenvalue weighted by Crippen LogP contribution is 2.40. The highest BCUT2D eigenvalue weighted by Gasteiger charge is 2.35. The number of piperazine rings is 1. The van der Waals surface area contributed by atoms with Gasteiger partial charge in [0.25, 0.3) is 0 Å². The van der Waals surface area contributed by atoms with Gasteiger partial charge in [-0.1, -0.05) is 28.1 Å². The molecule has 3 fully saturated rings. The van der Waals surface area contributed by atoms with Gasteiger partial charge in [0.2, 0.25) is 0 Å². The van der Waals surface area contributed by atoms with E-state index in [2.05, 4.69) is 49.1 Å². The number of anilines is 2. The number of hydrogen-bond acceptors (Lipinski definition) is 8. The summed E-state index contributed by atoms with van der Waals surface area (Å²) in [4.78, 5) is 17.2. The monoisotopic (exact) mass is 578 g/mol. The van der Waals surface area contributed by atoms with Gasteiger partial charge in [-0.05, 0) is 63.2 Å². The number of likely N-dealkylation sites (N-methyl/N-ethyl adjacent to an activating group) is 1. The van der Waals surface area contributed by atoms with Crippen LogP contribution in [0.15, 0.2) is 34.8 Å². The second kappa shape index (κ2) is 9.84. The number of rotatable bonds is 5. The van der Waals surface area contributed by atoms with E-state index in [0.717, 1.165) is 71.5 Å². The van der Waals surface area contributed by atoms with E-state index in [4.69, 9.17) is 14.7 Å². The fourth-order valence-electron chi connectivity index (χ4n) is 6.84. The van der Waals surface area contributed by atoms with Crippen LogP contribution in [0.3, 0.4) is 0 Å². The van der Waals surface area contributed by atoms with E-state index in [0.29, 0.717) is 37.3 Å². The lowest BCUT2D eigenvalue weighted by Crippen LogP contribution is -2.52. The number of phenols is 1. The van der Waals surface area contributed by atoms with Crippen LogP contribution in [0.5, 0.6) is 11.8 Å². The van der Waals surface area contributed by atoms with Gasteiger partial charge in [-0.25, -0.2) is 0 Å². The number of aromatic nitrogens is 2. The van der Waals surface area contributed by atoms with Crippen LogP contribution in [0.1, 0.15) is 36.9 Å². The summed E-state index contributed by atoms with van der Waals surface area (Å²) in [5, 5.41) is 16.4. The maximum absolute atomic E-state index is 10.5. The molecule has 0 spiro atoms. The molecular weight excluding hydrogens is 544 g/mol. The molecule has 3 atom stereocenters. The van der Waals surface area contributed by atoms with E-state index in [9.17, 15) is 5.11 Å². The third-order valence-electron chi connectivity index (χ3n) is 8.85. The minimum Gasteiger partial charge on any atom is -0.508 e. The minimum atomic E-state index is 0.278. The predicted molar refractivity (Wildman–Crippen MR) is 153 cm³/mol. The van der Waals surface area contributed by atoms with E-state index >= 15 is 0 Å². The van der Waals surface area contributed by atoms with Crippen molar-refractivity contribution in [2.75, 3.05) is 49.6 Å². The molecule has 4 aliphatic rings. The smallest absolute Gasteiger partial charge is 0.318 e. The normalized spacial score (nSPS) is 25.3. The summed E-state index contributed by atoms with van der Waals surface area (Å²) < 4.78 is 7.33. The number of fused-ring (bicyclic) bond motifs is 4. The maximum atomic E-state index is 10.5. The summed E-state index contributed by atoms with van der Waals surface area (Å²) in [5.41, 5.74) is 3.30. The van der Waals surface area contributed by atoms with Crippen molar-refractivity contribution in [1.82, 2.24) is 20.2 Å². The molecule has 2 N–H and O–H groups in total. The first-order valence-corrected chi connectivity index (χ1v) is 14.7. The predicted octanol–water partition coefficient (Wildman–Crippen LogP) is 4.07. The van der Waals surface area contributed by atoms with Gasteiger partial charge in [0, 0.05) is 64.9 Å². The summed E-state index contributed by atoms with van der Waals surface area (Å²) in [5.74, 6) is 1.34. The van der Waals surface area contributed by atoms with Gasteiger partial charge in [-0.2, -0.15) is 9.97 Å². The number of likely N-dealkylation sites (tertiary alicyclic amines) is 1. The Balaban J connectivity index is 1.24. The van der Waals surface area contributed by atoms with Crippen molar-refractivity contribution >= 4 is 38.2 Å². The van der Waals surface area contributed by atoms with Gasteiger partial charge in [-0.3, -0.25) is 0 Å². The summed E-state index contributed by atoms with van der Waals surface area (Å²) in [6.07, 6.45) is 5.70. The number of phenolic OH excluding ortho intramolecular Hbond substituents is 1. The first kappa shape index (κ1) is 24.4. The van der Waals surface area contributed by atoms with Crippen LogP contribution in [0.4, 0.5) is 11.5 Å². The number of nitrogens with one attached hydrogen (secondary N) is 1. The lowest BCUT2D eigenvalue weighted by molar-refractivity contribution is 0.187. The van der Waals surface area contributed by atoms with Gasteiger partial charge in [0.1, 0.15) is 18.2 Å². The Kier molecular flexibility index (Phi) is 6.33. The van der Waals surface area contributed by atoms with E-state index < -0.39 is 0 Å². The summed E-state index contributed by atoms with van der Waals surface area (Å²) in [6, 6.07) is 11.8. The molecule has 38 heavy (non-hydrogen) atoms. The van der Waals surface area contributed by atoms with Gasteiger partial charge in [0.05, 0.1) is 12.2 Å². The van der Waals surface area contributed by atoms with Crippen LogP contribution < -0.4 is 19.9 Å². The van der Waals surface area contributed by atoms with Gasteiger partial charge < -0.3 is 29.9 Å². The Labute approximate surface area is 232 Å². The Bertz CT molecular complexity index is 1360. The Hall–Kier alpha value is -2.62. The van der Waals surface area contributed by atoms with E-state index in [-0.39, 0.29) is 5.75 Å². The quantitative estimate of drug-likeness (QED) is 0.469. The van der Waals surface area contributed by atoms with Crippen LogP contribution in [0.2, 0.25) is 0 Å². The molecular formula is C29H35BrN6O2. The lowest BCUT2D eigenvalue weighted by atomic mass is 10.0. The number of ether oxygens (including phenoxy) is 1. The average molecular weight is 580 g/mol. The third kappa shape index (κ3) is 4.48. The molecule has 5 heterocycles. The maximum Gasteiger partial charge on any atom is 0.318 e. The van der Waals surface area contributed by atoms with Crippen molar-refractivity contribution in [1.29, 1.82) is 0 Å². The topological polar surface area (TPSA) is 77.0 Å². The van der Waals surface area contributed by atoms with Crippen molar-refractivity contribution in [2.45, 2.75) is 56.8 Å². The van der Waals surface area contributed by atoms with Crippen LogP contribution in [0, 0.1) is 0 Å². The van der Waals surface area contributed by atoms with Crippen LogP contribution in [-0.2, 0) is 13.0 Å². The second-order valence-corrected chi connectivity index (χ2v) is 12.2. The van der Waals surface area contributed by atoms with Gasteiger partial charge >= 0.3 is 6.01 Å². The zero-order chi connectivity index (χ0) is 25.8. The molecule has 2 aromatic carbocycles. The Morgan fingerprint density at radius 1 is 1.08 bits per heavy atom. The molecule has 3 aromatic rings. The van der Waals surface area contributed by atoms with Crippen molar-refractivity contribution in [3.8, 4) is 11.8 Å². The van der Waals surface area contributed by atoms with Crippen molar-refractivity contribution < 1.29 is 9.84 Å². The van der Waals surface area contributed by atoms with E-state index in [1.54, 1.807) is 0 Å². The first-order valence-electron chi connectivity index (χ1n) is 13.9. The Morgan fingerprint density at radius 2 is 1.92 bits per heavy atom. The molecule has 0 amide bonds. The number of hydrogen-bond donors (Lipinski definition) is 2. The zero-order valence-corrected chi connectivity index (χ0v) is 23.5. The highest BCUT2D eigenvalue weighted by atomic mass is 79.9. The largest absolute Gasteiger partial charge is 0.508 e. The van der Waals surface area contributed by atoms with Crippen molar-refractivity contribution in [2.24, 2.45) is 0 Å². The molecule has 8 nitrogen and oxygen atoms in total. The zero-order valence-electron chi connectivity index (χ0n) is 21.9. The number of halogens is 1. The molecule has 0 saturated carbocycles. The molecule has 1 aromatic heterocycles. The van der Waals surface area contributed by atoms with Crippen molar-refractivity contribution in [3.05, 3.63) is 46.1 Å². The summed E-state index contributed by atoms with van der Waals surface area (Å²) in [6.45, 7) is 5.21. The highest BCUT2D eigenvalue weighted by molar-refractivity contribution is 9.10. The third-order valence-corrected chi connectivity index (χ3v) is 9.51. The minimum absolute atomic E-state index is 0.278. The Morgan fingerprint density at radius 3 is 2.71 bits per heavy atom. The number of benzene rings is 2. The molecule has 9 heteroatoms. The number of aromatic hydroxyl groups is 1. The van der Waals surface area contributed by atoms with E-state index in [1.165, 1.54) is 24.8 Å². The molecule has 2 bridgehead atoms. The molecule has 0 aliphatic carbocycles. The van der Waals surface area contributed by atoms with Gasteiger partial charge in [0.15, 0.2) is 0 Å². The summed E-state index contributed by atoms with van der Waals surface area (Å²) in [7, 11) is 2.17. The second-order valence-electron chi connectivity index (χ2n) is 11.4. The van der Waals surface area contributed by atoms with Crippen molar-refractivity contribution in [3.63, 3.8) is 0 Å². The number of nitrogens with zero attached hydrogens (tertiary/aromatic N) is 5. The molecule has 200 valence electrons. The molecule has 0 radical (unpaired) electrons. The fraction of sp³-hybridized carbons (Fsp3) is 0.517. The molecule has 2 unspecified atom stereocenters. The van der Waals surface area contributed by atoms with E-state index in [1.807, 2.05) is 24.3 Å². The lowest BCUT2D eigenvalue weighted by Gasteiger charge is -2.37. The standard InChI is InChI=1S/C29H35BrN6O2/c1-34-10-3-5-21(34)17-38-29-32-25-16-35(26-13-22(37)12-18-4-2-6-24(30)27(18)26)11-9-23(25)28(33-29)36-14-19-7-8-20(15-36)31-19/h2,4,6,12-13,19-21,31,37H,3,5,7-11,14-17H2,1H3/t19?,20?,21-/m1/s1. The summed E-state index contributed by atoms with van der Waals surface area (Å²) >= 11 is 3.75. The first-order chi connectivity index (χ1) is 18.5. The van der Waals surface area contributed by atoms with Gasteiger partial charge in [-0.15, -0.1) is 0 Å². The average Bonchev–Trinajstić information content (AvgIpc) is 3.49.